The van der Waals surface area contributed by atoms with Gasteiger partial charge in [0, 0.05) is 50.0 Å². The van der Waals surface area contributed by atoms with Crippen molar-refractivity contribution in [1.29, 1.82) is 0 Å². The van der Waals surface area contributed by atoms with Crippen LogP contribution in [0.15, 0.2) is 30.5 Å². The summed E-state index contributed by atoms with van der Waals surface area (Å²) in [5.74, 6) is -0.153. The lowest BCUT2D eigenvalue weighted by Gasteiger charge is -2.35. The largest absolute Gasteiger partial charge is 0.508 e. The van der Waals surface area contributed by atoms with E-state index in [0.29, 0.717) is 58.0 Å². The third-order valence-corrected chi connectivity index (χ3v) is 9.83. The van der Waals surface area contributed by atoms with Crippen LogP contribution in [0.25, 0.3) is 32.9 Å². The highest BCUT2D eigenvalue weighted by Gasteiger charge is 2.36. The van der Waals surface area contributed by atoms with Crippen molar-refractivity contribution >= 4 is 27.5 Å². The smallest absolute Gasteiger partial charge is 0.318 e. The molecule has 4 unspecified atom stereocenters. The number of hydrogen-bond acceptors (Lipinski definition) is 8. The molecule has 4 saturated heterocycles. The summed E-state index contributed by atoms with van der Waals surface area (Å²) in [5, 5.41) is 12.0. The highest BCUT2D eigenvalue weighted by Crippen LogP contribution is 2.40. The number of halogens is 3. The number of benzene rings is 2. The molecule has 4 atom stereocenters. The number of nitrogens with zero attached hydrogens (tertiary/aromatic N) is 5. The van der Waals surface area contributed by atoms with Crippen LogP contribution in [0.5, 0.6) is 11.8 Å². The summed E-state index contributed by atoms with van der Waals surface area (Å²) in [7, 11) is 1.45. The number of pyridine rings is 1. The van der Waals surface area contributed by atoms with Crippen molar-refractivity contribution in [3.63, 3.8) is 0 Å². The van der Waals surface area contributed by atoms with Gasteiger partial charge in [-0.3, -0.25) is 9.88 Å². The molecule has 11 heteroatoms. The normalized spacial score (nSPS) is 24.5. The molecule has 2 aromatic carbocycles. The summed E-state index contributed by atoms with van der Waals surface area (Å²) in [6.07, 6.45) is 6.88. The quantitative estimate of drug-likeness (QED) is 0.288. The van der Waals surface area contributed by atoms with Gasteiger partial charge in [0.05, 0.1) is 18.6 Å². The number of alkyl halides is 1. The van der Waals surface area contributed by atoms with Gasteiger partial charge in [0.15, 0.2) is 5.82 Å². The van der Waals surface area contributed by atoms with Crippen molar-refractivity contribution in [2.24, 2.45) is 5.92 Å². The van der Waals surface area contributed by atoms with E-state index in [9.17, 15) is 13.9 Å². The number of anilines is 1. The zero-order valence-corrected chi connectivity index (χ0v) is 25.6. The number of ether oxygens (including phenoxy) is 2. The number of phenols is 1. The summed E-state index contributed by atoms with van der Waals surface area (Å²) < 4.78 is 54.7. The van der Waals surface area contributed by atoms with Crippen LogP contribution in [0.3, 0.4) is 0 Å². The number of aromatic hydroxyl groups is 1. The minimum atomic E-state index is -0.674. The summed E-state index contributed by atoms with van der Waals surface area (Å²) >= 11 is 0. The predicted molar refractivity (Wildman–Crippen MR) is 167 cm³/mol. The molecule has 0 radical (unpaired) electrons. The average Bonchev–Trinajstić information content (AvgIpc) is 3.77. The van der Waals surface area contributed by atoms with Crippen molar-refractivity contribution in [3.8, 4) is 23.0 Å². The average molecular weight is 622 g/mol. The number of hydrogen-bond donors (Lipinski definition) is 1. The van der Waals surface area contributed by atoms with Gasteiger partial charge < -0.3 is 19.5 Å². The number of phenolic OH excluding ortho intramolecular Hbond substituents is 1. The van der Waals surface area contributed by atoms with Crippen LogP contribution < -0.4 is 9.64 Å². The number of aryl methyl sites for hydroxylation is 1. The third kappa shape index (κ3) is 5.54. The van der Waals surface area contributed by atoms with E-state index in [-0.39, 0.29) is 34.9 Å². The predicted octanol–water partition coefficient (Wildman–Crippen LogP) is 6.21. The Morgan fingerprint density at radius 3 is 2.76 bits per heavy atom. The maximum absolute atomic E-state index is 16.2. The number of piperidine rings is 1. The lowest BCUT2D eigenvalue weighted by Crippen LogP contribution is -2.41. The fraction of sp³-hybridized carbons (Fsp3) is 0.500. The van der Waals surface area contributed by atoms with Crippen molar-refractivity contribution in [1.82, 2.24) is 19.9 Å². The molecule has 4 fully saturated rings. The molecule has 8 nitrogen and oxygen atoms in total. The van der Waals surface area contributed by atoms with E-state index < -0.39 is 12.0 Å². The van der Waals surface area contributed by atoms with Gasteiger partial charge in [-0.1, -0.05) is 13.0 Å². The first-order valence-electron chi connectivity index (χ1n) is 15.9. The minimum absolute atomic E-state index is 0.0155. The molecule has 0 spiro atoms. The van der Waals surface area contributed by atoms with Crippen LogP contribution >= 0.6 is 0 Å². The number of aromatic nitrogens is 3. The molecule has 0 bridgehead atoms. The monoisotopic (exact) mass is 621 g/mol. The van der Waals surface area contributed by atoms with Crippen molar-refractivity contribution in [2.75, 3.05) is 44.8 Å². The second-order valence-corrected chi connectivity index (χ2v) is 12.5. The molecular weight excluding hydrogens is 583 g/mol. The Hall–Kier alpha value is -3.70. The Morgan fingerprint density at radius 1 is 1.09 bits per heavy atom. The first kappa shape index (κ1) is 30.0. The summed E-state index contributed by atoms with van der Waals surface area (Å²) in [6, 6.07) is 6.56. The molecule has 6 heterocycles. The number of methoxy groups -OCH3 is 1. The summed E-state index contributed by atoms with van der Waals surface area (Å²) in [6.45, 7) is 5.92. The van der Waals surface area contributed by atoms with Crippen LogP contribution in [0.4, 0.5) is 19.0 Å². The molecule has 0 saturated carbocycles. The van der Waals surface area contributed by atoms with Gasteiger partial charge in [-0.25, -0.2) is 13.2 Å². The van der Waals surface area contributed by atoms with E-state index in [0.717, 1.165) is 45.5 Å². The SMILES string of the molecule is CCc1c(F)ccc2cc(O)cc(-c3ncc4c(N5CCC6OCCC6C5)nc(OC)nc4c3F)c12.FC1CC2CCCN2C1. The van der Waals surface area contributed by atoms with Gasteiger partial charge in [0.1, 0.15) is 34.8 Å². The van der Waals surface area contributed by atoms with E-state index in [4.69, 9.17) is 9.47 Å². The summed E-state index contributed by atoms with van der Waals surface area (Å²) in [5.41, 5.74) is 0.797. The highest BCUT2D eigenvalue weighted by atomic mass is 19.1. The van der Waals surface area contributed by atoms with E-state index in [2.05, 4.69) is 24.8 Å². The highest BCUT2D eigenvalue weighted by molar-refractivity contribution is 6.01. The number of rotatable bonds is 4. The van der Waals surface area contributed by atoms with Crippen molar-refractivity contribution < 1.29 is 27.8 Å². The van der Waals surface area contributed by atoms with E-state index >= 15 is 4.39 Å². The van der Waals surface area contributed by atoms with E-state index in [1.807, 2.05) is 6.92 Å². The van der Waals surface area contributed by atoms with Gasteiger partial charge in [0.25, 0.3) is 0 Å². The van der Waals surface area contributed by atoms with Gasteiger partial charge >= 0.3 is 6.01 Å². The van der Waals surface area contributed by atoms with Gasteiger partial charge in [-0.05, 0) is 79.6 Å². The maximum atomic E-state index is 16.2. The molecule has 4 aromatic rings. The van der Waals surface area contributed by atoms with Crippen LogP contribution in [0, 0.1) is 17.6 Å². The first-order valence-corrected chi connectivity index (χ1v) is 15.9. The van der Waals surface area contributed by atoms with E-state index in [1.54, 1.807) is 12.3 Å². The second kappa shape index (κ2) is 12.2. The molecule has 0 aliphatic carbocycles. The van der Waals surface area contributed by atoms with Gasteiger partial charge in [-0.2, -0.15) is 9.97 Å². The standard InChI is InChI=1S/C27H26F2N4O3.C7H12FN/c1-3-17-20(28)5-4-14-10-16(34)11-18(22(14)17)24-23(29)25-19(12-30-24)26(32-27(31-25)35-2)33-8-6-21-15(13-33)7-9-36-21;8-6-4-7-2-1-3-9(7)5-6/h4-5,10-12,15,21,34H,3,6-9,13H2,1-2H3;6-7H,1-5H2. The van der Waals surface area contributed by atoms with Crippen LogP contribution in [0.1, 0.15) is 44.6 Å². The Morgan fingerprint density at radius 2 is 1.96 bits per heavy atom. The van der Waals surface area contributed by atoms with E-state index in [1.165, 1.54) is 38.2 Å². The molecule has 4 aliphatic rings. The van der Waals surface area contributed by atoms with Crippen molar-refractivity contribution in [3.05, 3.63) is 47.7 Å². The zero-order valence-electron chi connectivity index (χ0n) is 25.6. The van der Waals surface area contributed by atoms with Crippen LogP contribution in [0.2, 0.25) is 0 Å². The van der Waals surface area contributed by atoms with Crippen LogP contribution in [-0.2, 0) is 11.2 Å². The maximum Gasteiger partial charge on any atom is 0.318 e. The fourth-order valence-electron chi connectivity index (χ4n) is 7.67. The Balaban J connectivity index is 0.000000308. The van der Waals surface area contributed by atoms with Gasteiger partial charge in [0.2, 0.25) is 0 Å². The topological polar surface area (TPSA) is 83.8 Å². The molecule has 238 valence electrons. The lowest BCUT2D eigenvalue weighted by atomic mass is 9.94. The first-order chi connectivity index (χ1) is 21.8. The van der Waals surface area contributed by atoms with Crippen LogP contribution in [-0.4, -0.2) is 83.2 Å². The molecule has 1 N–H and O–H groups in total. The third-order valence-electron chi connectivity index (χ3n) is 9.83. The van der Waals surface area contributed by atoms with Crippen molar-refractivity contribution in [2.45, 2.75) is 63.8 Å². The molecule has 4 aliphatic heterocycles. The lowest BCUT2D eigenvalue weighted by molar-refractivity contribution is 0.0772. The zero-order chi connectivity index (χ0) is 31.2. The summed E-state index contributed by atoms with van der Waals surface area (Å²) in [4.78, 5) is 17.8. The molecule has 45 heavy (non-hydrogen) atoms. The Bertz CT molecular complexity index is 1730. The fourth-order valence-corrected chi connectivity index (χ4v) is 7.67. The molecule has 0 amide bonds. The molecular formula is C34H38F3N5O3. The molecule has 8 rings (SSSR count). The van der Waals surface area contributed by atoms with Gasteiger partial charge in [-0.15, -0.1) is 0 Å². The minimum Gasteiger partial charge on any atom is -0.508 e. The Labute approximate surface area is 260 Å². The second-order valence-electron chi connectivity index (χ2n) is 12.5. The number of fused-ring (bicyclic) bond motifs is 4. The Kier molecular flexibility index (Phi) is 8.16. The molecule has 2 aromatic heterocycles.